The predicted octanol–water partition coefficient (Wildman–Crippen LogP) is 4.05. The molecule has 0 aromatic carbocycles. The summed E-state index contributed by atoms with van der Waals surface area (Å²) in [5.41, 5.74) is 0. The van der Waals surface area contributed by atoms with Gasteiger partial charge in [0.05, 0.1) is 17.3 Å². The van der Waals surface area contributed by atoms with Crippen molar-refractivity contribution in [2.24, 2.45) is 0 Å². The Labute approximate surface area is 111 Å². The molecule has 1 heterocycles. The summed E-state index contributed by atoms with van der Waals surface area (Å²) in [6.45, 7) is 6.32. The van der Waals surface area contributed by atoms with Crippen LogP contribution in [0.1, 0.15) is 32.4 Å². The van der Waals surface area contributed by atoms with Crippen LogP contribution in [-0.2, 0) is 6.54 Å². The topological polar surface area (TPSA) is 25.2 Å². The van der Waals surface area contributed by atoms with Gasteiger partial charge in [0.1, 0.15) is 5.76 Å². The van der Waals surface area contributed by atoms with Gasteiger partial charge in [0, 0.05) is 11.3 Å². The lowest BCUT2D eigenvalue weighted by Crippen LogP contribution is -2.36. The van der Waals surface area contributed by atoms with E-state index in [1.165, 1.54) is 12.8 Å². The lowest BCUT2D eigenvalue weighted by molar-refractivity contribution is 0.447. The molecule has 92 valence electrons. The Morgan fingerprint density at radius 3 is 2.56 bits per heavy atom. The van der Waals surface area contributed by atoms with E-state index in [0.29, 0.717) is 4.75 Å². The average molecular weight is 306 g/mol. The Bertz CT molecular complexity index is 301. The van der Waals surface area contributed by atoms with Gasteiger partial charge < -0.3 is 9.73 Å². The summed E-state index contributed by atoms with van der Waals surface area (Å²) in [6, 6.07) is 1.93. The lowest BCUT2D eigenvalue weighted by atomic mass is 10.0. The fourth-order valence-electron chi connectivity index (χ4n) is 1.72. The van der Waals surface area contributed by atoms with Gasteiger partial charge in [-0.3, -0.25) is 0 Å². The molecule has 0 saturated carbocycles. The van der Waals surface area contributed by atoms with Gasteiger partial charge in [0.2, 0.25) is 0 Å². The van der Waals surface area contributed by atoms with Crippen LogP contribution in [0.2, 0.25) is 0 Å². The summed E-state index contributed by atoms with van der Waals surface area (Å²) in [4.78, 5) is 0. The first-order valence-electron chi connectivity index (χ1n) is 5.65. The second-order valence-corrected chi connectivity index (χ2v) is 6.02. The van der Waals surface area contributed by atoms with E-state index in [0.717, 1.165) is 23.3 Å². The quantitative estimate of drug-likeness (QED) is 0.822. The number of hydrogen-bond acceptors (Lipinski definition) is 3. The van der Waals surface area contributed by atoms with Crippen LogP contribution in [0.15, 0.2) is 21.2 Å². The fraction of sp³-hybridized carbons (Fsp3) is 0.667. The molecular formula is C12H20BrNOS. The fourth-order valence-corrected chi connectivity index (χ4v) is 2.88. The zero-order valence-corrected chi connectivity index (χ0v) is 12.6. The van der Waals surface area contributed by atoms with Crippen molar-refractivity contribution in [3.63, 3.8) is 0 Å². The summed E-state index contributed by atoms with van der Waals surface area (Å²) in [5, 5.41) is 3.48. The van der Waals surface area contributed by atoms with Crippen molar-refractivity contribution in [2.45, 2.75) is 38.0 Å². The minimum Gasteiger partial charge on any atom is -0.467 e. The third kappa shape index (κ3) is 3.54. The number of hydrogen-bond donors (Lipinski definition) is 1. The molecule has 16 heavy (non-hydrogen) atoms. The van der Waals surface area contributed by atoms with E-state index in [2.05, 4.69) is 41.3 Å². The lowest BCUT2D eigenvalue weighted by Gasteiger charge is -2.29. The van der Waals surface area contributed by atoms with Crippen LogP contribution < -0.4 is 5.32 Å². The number of furan rings is 1. The Kier molecular flexibility index (Phi) is 5.94. The SMILES string of the molecule is CCC(CC)(CNCc1occc1Br)SC. The van der Waals surface area contributed by atoms with Gasteiger partial charge in [-0.15, -0.1) is 0 Å². The molecule has 1 aromatic rings. The Morgan fingerprint density at radius 2 is 2.12 bits per heavy atom. The average Bonchev–Trinajstić information content (AvgIpc) is 2.71. The highest BCUT2D eigenvalue weighted by Crippen LogP contribution is 2.29. The normalized spacial score (nSPS) is 12.0. The third-order valence-corrected chi connectivity index (χ3v) is 5.44. The maximum Gasteiger partial charge on any atom is 0.131 e. The molecule has 0 saturated heterocycles. The minimum atomic E-state index is 0.360. The molecule has 1 rings (SSSR count). The molecule has 4 heteroatoms. The molecular weight excluding hydrogens is 286 g/mol. The van der Waals surface area contributed by atoms with Crippen molar-refractivity contribution in [1.82, 2.24) is 5.32 Å². The summed E-state index contributed by atoms with van der Waals surface area (Å²) >= 11 is 5.41. The van der Waals surface area contributed by atoms with E-state index in [1.54, 1.807) is 6.26 Å². The van der Waals surface area contributed by atoms with E-state index in [9.17, 15) is 0 Å². The monoisotopic (exact) mass is 305 g/mol. The summed E-state index contributed by atoms with van der Waals surface area (Å²) in [6.07, 6.45) is 6.29. The number of halogens is 1. The van der Waals surface area contributed by atoms with E-state index in [-0.39, 0.29) is 0 Å². The highest BCUT2D eigenvalue weighted by Gasteiger charge is 2.24. The van der Waals surface area contributed by atoms with Crippen molar-refractivity contribution in [3.05, 3.63) is 22.6 Å². The molecule has 2 nitrogen and oxygen atoms in total. The molecule has 1 aromatic heterocycles. The predicted molar refractivity (Wildman–Crippen MR) is 74.9 cm³/mol. The molecule has 0 radical (unpaired) electrons. The molecule has 0 aliphatic heterocycles. The van der Waals surface area contributed by atoms with Gasteiger partial charge in [-0.25, -0.2) is 0 Å². The molecule has 0 atom stereocenters. The van der Waals surface area contributed by atoms with Crippen molar-refractivity contribution in [2.75, 3.05) is 12.8 Å². The molecule has 0 fully saturated rings. The van der Waals surface area contributed by atoms with Crippen LogP contribution in [0, 0.1) is 0 Å². The Balaban J connectivity index is 2.42. The van der Waals surface area contributed by atoms with Crippen LogP contribution in [0.5, 0.6) is 0 Å². The van der Waals surface area contributed by atoms with Crippen LogP contribution in [0.25, 0.3) is 0 Å². The highest BCUT2D eigenvalue weighted by molar-refractivity contribution is 9.10. The largest absolute Gasteiger partial charge is 0.467 e. The van der Waals surface area contributed by atoms with Crippen LogP contribution in [0.3, 0.4) is 0 Å². The molecule has 1 N–H and O–H groups in total. The number of rotatable bonds is 7. The molecule has 0 bridgehead atoms. The van der Waals surface area contributed by atoms with Crippen molar-refractivity contribution in [1.29, 1.82) is 0 Å². The zero-order chi connectivity index (χ0) is 12.0. The van der Waals surface area contributed by atoms with E-state index in [1.807, 2.05) is 17.8 Å². The smallest absolute Gasteiger partial charge is 0.131 e. The van der Waals surface area contributed by atoms with Gasteiger partial charge in [-0.05, 0) is 41.1 Å². The second kappa shape index (κ2) is 6.72. The van der Waals surface area contributed by atoms with Crippen LogP contribution >= 0.6 is 27.7 Å². The number of thioether (sulfide) groups is 1. The third-order valence-electron chi connectivity index (χ3n) is 3.15. The summed E-state index contributed by atoms with van der Waals surface area (Å²) in [7, 11) is 0. The van der Waals surface area contributed by atoms with Crippen molar-refractivity contribution in [3.8, 4) is 0 Å². The van der Waals surface area contributed by atoms with Gasteiger partial charge in [0.15, 0.2) is 0 Å². The first kappa shape index (κ1) is 14.1. The molecule has 0 amide bonds. The van der Waals surface area contributed by atoms with E-state index < -0.39 is 0 Å². The molecule has 0 aliphatic rings. The van der Waals surface area contributed by atoms with E-state index >= 15 is 0 Å². The summed E-state index contributed by atoms with van der Waals surface area (Å²) < 4.78 is 6.77. The summed E-state index contributed by atoms with van der Waals surface area (Å²) in [5.74, 6) is 0.974. The van der Waals surface area contributed by atoms with Gasteiger partial charge >= 0.3 is 0 Å². The zero-order valence-electron chi connectivity index (χ0n) is 10.2. The first-order valence-corrected chi connectivity index (χ1v) is 7.67. The van der Waals surface area contributed by atoms with E-state index in [4.69, 9.17) is 4.42 Å². The Morgan fingerprint density at radius 1 is 1.44 bits per heavy atom. The highest BCUT2D eigenvalue weighted by atomic mass is 79.9. The van der Waals surface area contributed by atoms with Crippen molar-refractivity contribution < 1.29 is 4.42 Å². The maximum atomic E-state index is 5.36. The first-order chi connectivity index (χ1) is 7.67. The molecule has 0 unspecified atom stereocenters. The van der Waals surface area contributed by atoms with Crippen LogP contribution in [0.4, 0.5) is 0 Å². The number of nitrogens with one attached hydrogen (secondary N) is 1. The molecule has 0 spiro atoms. The standard InChI is InChI=1S/C12H20BrNOS/c1-4-12(5-2,16-3)9-14-8-11-10(13)6-7-15-11/h6-7,14H,4-5,8-9H2,1-3H3. The van der Waals surface area contributed by atoms with Gasteiger partial charge in [0.25, 0.3) is 0 Å². The Hall–Kier alpha value is 0.0700. The van der Waals surface area contributed by atoms with Crippen LogP contribution in [-0.4, -0.2) is 17.5 Å². The second-order valence-electron chi connectivity index (χ2n) is 3.89. The van der Waals surface area contributed by atoms with Crippen molar-refractivity contribution >= 4 is 27.7 Å². The molecule has 0 aliphatic carbocycles. The minimum absolute atomic E-state index is 0.360. The maximum absolute atomic E-state index is 5.36. The van der Waals surface area contributed by atoms with Gasteiger partial charge in [-0.1, -0.05) is 13.8 Å². The van der Waals surface area contributed by atoms with Gasteiger partial charge in [-0.2, -0.15) is 11.8 Å².